The van der Waals surface area contributed by atoms with Crippen molar-refractivity contribution in [3.8, 4) is 0 Å². The second-order valence-corrected chi connectivity index (χ2v) is 5.95. The average Bonchev–Trinajstić information content (AvgIpc) is 3.11. The van der Waals surface area contributed by atoms with E-state index in [-0.39, 0.29) is 5.54 Å². The first kappa shape index (κ1) is 15.5. The maximum absolute atomic E-state index is 6.14. The Labute approximate surface area is 123 Å². The standard InChI is InChI=1S/C16H30N4/c1-4-14-11-15(20(6-3)18-14)12-19(5-2)16(13-17)9-7-8-10-16/h11H,4-10,12-13,17H2,1-3H3. The predicted molar refractivity (Wildman–Crippen MR) is 83.6 cm³/mol. The third-order valence-corrected chi connectivity index (χ3v) is 4.90. The van der Waals surface area contributed by atoms with E-state index < -0.39 is 0 Å². The molecule has 1 aromatic heterocycles. The van der Waals surface area contributed by atoms with Crippen molar-refractivity contribution in [3.05, 3.63) is 17.5 Å². The molecule has 0 atom stereocenters. The summed E-state index contributed by atoms with van der Waals surface area (Å²) in [6.45, 7) is 10.4. The van der Waals surface area contributed by atoms with Crippen molar-refractivity contribution in [1.29, 1.82) is 0 Å². The summed E-state index contributed by atoms with van der Waals surface area (Å²) >= 11 is 0. The lowest BCUT2D eigenvalue weighted by Gasteiger charge is -2.40. The van der Waals surface area contributed by atoms with E-state index in [1.807, 2.05) is 0 Å². The van der Waals surface area contributed by atoms with Crippen molar-refractivity contribution in [2.45, 2.75) is 71.5 Å². The molecular formula is C16H30N4. The van der Waals surface area contributed by atoms with Crippen LogP contribution in [-0.2, 0) is 19.5 Å². The van der Waals surface area contributed by atoms with Crippen LogP contribution in [0.3, 0.4) is 0 Å². The SMILES string of the molecule is CCc1cc(CN(CC)C2(CN)CCCC2)n(CC)n1. The van der Waals surface area contributed by atoms with Crippen LogP contribution in [0.1, 0.15) is 57.8 Å². The maximum atomic E-state index is 6.14. The predicted octanol–water partition coefficient (Wildman–Crippen LogP) is 2.56. The molecule has 0 radical (unpaired) electrons. The molecule has 0 aliphatic heterocycles. The molecule has 1 aliphatic carbocycles. The normalized spacial score (nSPS) is 18.1. The molecule has 1 saturated carbocycles. The van der Waals surface area contributed by atoms with Crippen molar-refractivity contribution >= 4 is 0 Å². The second-order valence-electron chi connectivity index (χ2n) is 5.95. The highest BCUT2D eigenvalue weighted by molar-refractivity contribution is 5.11. The Morgan fingerprint density at radius 2 is 2.00 bits per heavy atom. The number of nitrogens with two attached hydrogens (primary N) is 1. The average molecular weight is 278 g/mol. The van der Waals surface area contributed by atoms with Crippen molar-refractivity contribution < 1.29 is 0 Å². The molecule has 114 valence electrons. The second kappa shape index (κ2) is 6.72. The fraction of sp³-hybridized carbons (Fsp3) is 0.812. The fourth-order valence-corrected chi connectivity index (χ4v) is 3.58. The topological polar surface area (TPSA) is 47.1 Å². The number of likely N-dealkylation sites (N-methyl/N-ethyl adjacent to an activating group) is 1. The molecule has 2 N–H and O–H groups in total. The Bertz CT molecular complexity index is 418. The van der Waals surface area contributed by atoms with Crippen molar-refractivity contribution in [1.82, 2.24) is 14.7 Å². The molecule has 4 heteroatoms. The van der Waals surface area contributed by atoms with Gasteiger partial charge in [-0.15, -0.1) is 0 Å². The minimum atomic E-state index is 0.226. The van der Waals surface area contributed by atoms with E-state index in [0.29, 0.717) is 0 Å². The van der Waals surface area contributed by atoms with Crippen molar-refractivity contribution in [2.75, 3.05) is 13.1 Å². The Morgan fingerprint density at radius 3 is 2.50 bits per heavy atom. The molecule has 0 unspecified atom stereocenters. The number of nitrogens with zero attached hydrogens (tertiary/aromatic N) is 3. The lowest BCUT2D eigenvalue weighted by molar-refractivity contribution is 0.0939. The molecule has 0 amide bonds. The minimum absolute atomic E-state index is 0.226. The number of hydrogen-bond donors (Lipinski definition) is 1. The van der Waals surface area contributed by atoms with Gasteiger partial charge in [0.2, 0.25) is 0 Å². The van der Waals surface area contributed by atoms with E-state index in [4.69, 9.17) is 5.73 Å². The molecule has 0 aromatic carbocycles. The summed E-state index contributed by atoms with van der Waals surface area (Å²) in [6, 6.07) is 2.27. The molecule has 1 fully saturated rings. The summed E-state index contributed by atoms with van der Waals surface area (Å²) in [5.74, 6) is 0. The van der Waals surface area contributed by atoms with Crippen LogP contribution >= 0.6 is 0 Å². The van der Waals surface area contributed by atoms with Crippen LogP contribution in [0.5, 0.6) is 0 Å². The first-order valence-corrected chi connectivity index (χ1v) is 8.19. The van der Waals surface area contributed by atoms with Gasteiger partial charge in [-0.3, -0.25) is 9.58 Å². The molecule has 4 nitrogen and oxygen atoms in total. The van der Waals surface area contributed by atoms with Crippen LogP contribution in [-0.4, -0.2) is 33.3 Å². The Morgan fingerprint density at radius 1 is 1.30 bits per heavy atom. The van der Waals surface area contributed by atoms with Gasteiger partial charge in [-0.05, 0) is 38.8 Å². The number of hydrogen-bond acceptors (Lipinski definition) is 3. The highest BCUT2D eigenvalue weighted by Crippen LogP contribution is 2.35. The van der Waals surface area contributed by atoms with Crippen LogP contribution in [0, 0.1) is 0 Å². The molecule has 0 spiro atoms. The summed E-state index contributed by atoms with van der Waals surface area (Å²) in [5.41, 5.74) is 8.90. The summed E-state index contributed by atoms with van der Waals surface area (Å²) in [7, 11) is 0. The van der Waals surface area contributed by atoms with Gasteiger partial charge in [-0.25, -0.2) is 0 Å². The molecule has 1 aliphatic rings. The van der Waals surface area contributed by atoms with Crippen LogP contribution < -0.4 is 5.73 Å². The lowest BCUT2D eigenvalue weighted by atomic mass is 9.95. The van der Waals surface area contributed by atoms with E-state index >= 15 is 0 Å². The van der Waals surface area contributed by atoms with E-state index in [9.17, 15) is 0 Å². The van der Waals surface area contributed by atoms with Gasteiger partial charge >= 0.3 is 0 Å². The first-order valence-electron chi connectivity index (χ1n) is 8.19. The zero-order valence-electron chi connectivity index (χ0n) is 13.4. The fourth-order valence-electron chi connectivity index (χ4n) is 3.58. The van der Waals surface area contributed by atoms with Gasteiger partial charge in [0, 0.05) is 25.2 Å². The Hall–Kier alpha value is -0.870. The third kappa shape index (κ3) is 2.91. The molecule has 1 aromatic rings. The largest absolute Gasteiger partial charge is 0.329 e. The molecule has 1 heterocycles. The van der Waals surface area contributed by atoms with Crippen LogP contribution in [0.15, 0.2) is 6.07 Å². The summed E-state index contributed by atoms with van der Waals surface area (Å²) < 4.78 is 2.15. The van der Waals surface area contributed by atoms with E-state index in [0.717, 1.165) is 32.6 Å². The highest BCUT2D eigenvalue weighted by atomic mass is 15.3. The van der Waals surface area contributed by atoms with Crippen LogP contribution in [0.4, 0.5) is 0 Å². The zero-order valence-corrected chi connectivity index (χ0v) is 13.4. The number of rotatable bonds is 7. The van der Waals surface area contributed by atoms with Crippen LogP contribution in [0.25, 0.3) is 0 Å². The third-order valence-electron chi connectivity index (χ3n) is 4.90. The van der Waals surface area contributed by atoms with Gasteiger partial charge < -0.3 is 5.73 Å². The van der Waals surface area contributed by atoms with E-state index in [1.54, 1.807) is 0 Å². The van der Waals surface area contributed by atoms with Crippen LogP contribution in [0.2, 0.25) is 0 Å². The lowest BCUT2D eigenvalue weighted by Crippen LogP contribution is -2.51. The van der Waals surface area contributed by atoms with Gasteiger partial charge in [0.05, 0.1) is 11.4 Å². The molecule has 20 heavy (non-hydrogen) atoms. The number of aromatic nitrogens is 2. The molecule has 2 rings (SSSR count). The van der Waals surface area contributed by atoms with E-state index in [1.165, 1.54) is 37.1 Å². The monoisotopic (exact) mass is 278 g/mol. The molecule has 0 bridgehead atoms. The summed E-state index contributed by atoms with van der Waals surface area (Å²) in [6.07, 6.45) is 6.15. The maximum Gasteiger partial charge on any atom is 0.0625 e. The number of aryl methyl sites for hydroxylation is 2. The quantitative estimate of drug-likeness (QED) is 0.834. The van der Waals surface area contributed by atoms with Gasteiger partial charge in [0.15, 0.2) is 0 Å². The summed E-state index contributed by atoms with van der Waals surface area (Å²) in [4.78, 5) is 2.59. The zero-order chi connectivity index (χ0) is 14.6. The molecule has 0 saturated heterocycles. The van der Waals surface area contributed by atoms with Gasteiger partial charge in [-0.1, -0.05) is 26.7 Å². The Balaban J connectivity index is 2.19. The Kier molecular flexibility index (Phi) is 5.22. The van der Waals surface area contributed by atoms with Gasteiger partial charge in [-0.2, -0.15) is 5.10 Å². The van der Waals surface area contributed by atoms with Gasteiger partial charge in [0.1, 0.15) is 0 Å². The van der Waals surface area contributed by atoms with Crippen molar-refractivity contribution in [2.24, 2.45) is 5.73 Å². The first-order chi connectivity index (χ1) is 9.69. The molecular weight excluding hydrogens is 248 g/mol. The minimum Gasteiger partial charge on any atom is -0.329 e. The van der Waals surface area contributed by atoms with Gasteiger partial charge in [0.25, 0.3) is 0 Å². The smallest absolute Gasteiger partial charge is 0.0625 e. The summed E-state index contributed by atoms with van der Waals surface area (Å²) in [5, 5.41) is 4.67. The van der Waals surface area contributed by atoms with E-state index in [2.05, 4.69) is 41.5 Å². The highest BCUT2D eigenvalue weighted by Gasteiger charge is 2.37. The van der Waals surface area contributed by atoms with Crippen molar-refractivity contribution in [3.63, 3.8) is 0 Å².